The third-order valence-electron chi connectivity index (χ3n) is 5.70. The van der Waals surface area contributed by atoms with Crippen LogP contribution in [-0.4, -0.2) is 48.7 Å². The lowest BCUT2D eigenvalue weighted by Crippen LogP contribution is -2.35. The Hall–Kier alpha value is -3.69. The molecule has 10 heteroatoms. The van der Waals surface area contributed by atoms with Crippen molar-refractivity contribution < 1.29 is 37.7 Å². The monoisotopic (exact) mass is 490 g/mol. The van der Waals surface area contributed by atoms with Gasteiger partial charge in [-0.2, -0.15) is 0 Å². The summed E-state index contributed by atoms with van der Waals surface area (Å²) in [5, 5.41) is 14.1. The smallest absolute Gasteiger partial charge is 0.306 e. The third-order valence-corrected chi connectivity index (χ3v) is 5.70. The SMILES string of the molecule is CCOc1ccc(C(=O)NCCNC(=O)c2ccc(OC3CCC(C(=O)O)CC3)cc2F)cc1F. The van der Waals surface area contributed by atoms with Gasteiger partial charge in [-0.3, -0.25) is 14.4 Å². The van der Waals surface area contributed by atoms with Crippen LogP contribution in [0.3, 0.4) is 0 Å². The normalized spacial score (nSPS) is 17.3. The van der Waals surface area contributed by atoms with E-state index in [0.29, 0.717) is 32.3 Å². The first-order valence-electron chi connectivity index (χ1n) is 11.5. The van der Waals surface area contributed by atoms with Crippen LogP contribution in [0.1, 0.15) is 53.3 Å². The summed E-state index contributed by atoms with van der Waals surface area (Å²) in [6.07, 6.45) is 1.95. The molecule has 1 saturated carbocycles. The van der Waals surface area contributed by atoms with E-state index in [-0.39, 0.29) is 47.7 Å². The average molecular weight is 491 g/mol. The topological polar surface area (TPSA) is 114 Å². The van der Waals surface area contributed by atoms with Crippen LogP contribution in [0.4, 0.5) is 8.78 Å². The van der Waals surface area contributed by atoms with Crippen molar-refractivity contribution in [2.75, 3.05) is 19.7 Å². The van der Waals surface area contributed by atoms with Gasteiger partial charge in [0.2, 0.25) is 0 Å². The summed E-state index contributed by atoms with van der Waals surface area (Å²) in [7, 11) is 0. The molecule has 0 atom stereocenters. The predicted octanol–water partition coefficient (Wildman–Crippen LogP) is 3.55. The molecule has 0 saturated heterocycles. The fraction of sp³-hybridized carbons (Fsp3) is 0.400. The van der Waals surface area contributed by atoms with E-state index in [2.05, 4.69) is 10.6 Å². The number of benzene rings is 2. The number of hydrogen-bond acceptors (Lipinski definition) is 5. The van der Waals surface area contributed by atoms with Gasteiger partial charge in [0.25, 0.3) is 11.8 Å². The molecule has 8 nitrogen and oxygen atoms in total. The summed E-state index contributed by atoms with van der Waals surface area (Å²) < 4.78 is 39.2. The van der Waals surface area contributed by atoms with Gasteiger partial charge in [0.05, 0.1) is 24.2 Å². The zero-order chi connectivity index (χ0) is 25.4. The van der Waals surface area contributed by atoms with Crippen molar-refractivity contribution in [3.05, 3.63) is 59.2 Å². The van der Waals surface area contributed by atoms with Gasteiger partial charge in [-0.1, -0.05) is 0 Å². The lowest BCUT2D eigenvalue weighted by molar-refractivity contribution is -0.143. The highest BCUT2D eigenvalue weighted by molar-refractivity contribution is 5.95. The quantitative estimate of drug-likeness (QED) is 0.439. The van der Waals surface area contributed by atoms with E-state index in [1.165, 1.54) is 24.3 Å². The Kier molecular flexibility index (Phi) is 8.99. The molecule has 0 aromatic heterocycles. The predicted molar refractivity (Wildman–Crippen MR) is 123 cm³/mol. The van der Waals surface area contributed by atoms with Crippen LogP contribution < -0.4 is 20.1 Å². The number of nitrogens with one attached hydrogen (secondary N) is 2. The Labute approximate surface area is 201 Å². The number of carbonyl (C=O) groups excluding carboxylic acids is 2. The van der Waals surface area contributed by atoms with Crippen LogP contribution in [0.5, 0.6) is 11.5 Å². The van der Waals surface area contributed by atoms with E-state index >= 15 is 0 Å². The molecule has 2 aromatic carbocycles. The molecule has 35 heavy (non-hydrogen) atoms. The molecule has 0 spiro atoms. The number of carboxylic acid groups (broad SMARTS) is 1. The van der Waals surface area contributed by atoms with E-state index in [4.69, 9.17) is 14.6 Å². The summed E-state index contributed by atoms with van der Waals surface area (Å²) in [5.41, 5.74) is -0.0674. The molecule has 1 fully saturated rings. The van der Waals surface area contributed by atoms with Gasteiger partial charge in [-0.15, -0.1) is 0 Å². The second-order valence-corrected chi connectivity index (χ2v) is 8.16. The zero-order valence-electron chi connectivity index (χ0n) is 19.3. The van der Waals surface area contributed by atoms with Gasteiger partial charge in [0, 0.05) is 24.7 Å². The molecule has 0 unspecified atom stereocenters. The Morgan fingerprint density at radius 3 is 2.23 bits per heavy atom. The van der Waals surface area contributed by atoms with Crippen molar-refractivity contribution in [2.24, 2.45) is 5.92 Å². The van der Waals surface area contributed by atoms with Gasteiger partial charge in [-0.05, 0) is 62.9 Å². The Bertz CT molecular complexity index is 1070. The van der Waals surface area contributed by atoms with Crippen molar-refractivity contribution in [2.45, 2.75) is 38.7 Å². The van der Waals surface area contributed by atoms with Gasteiger partial charge in [-0.25, -0.2) is 8.78 Å². The number of halogens is 2. The van der Waals surface area contributed by atoms with E-state index < -0.39 is 29.4 Å². The average Bonchev–Trinajstić information content (AvgIpc) is 2.83. The molecular weight excluding hydrogens is 462 g/mol. The van der Waals surface area contributed by atoms with Gasteiger partial charge >= 0.3 is 5.97 Å². The minimum atomic E-state index is -0.811. The lowest BCUT2D eigenvalue weighted by atomic mass is 9.87. The molecule has 0 bridgehead atoms. The first-order valence-corrected chi connectivity index (χ1v) is 11.5. The Morgan fingerprint density at radius 2 is 1.63 bits per heavy atom. The molecule has 2 amide bonds. The first kappa shape index (κ1) is 25.9. The first-order chi connectivity index (χ1) is 16.8. The van der Waals surface area contributed by atoms with E-state index in [1.807, 2.05) is 0 Å². The van der Waals surface area contributed by atoms with Gasteiger partial charge in [0.15, 0.2) is 11.6 Å². The number of ether oxygens (including phenoxy) is 2. The van der Waals surface area contributed by atoms with E-state index in [1.54, 1.807) is 6.92 Å². The van der Waals surface area contributed by atoms with Crippen molar-refractivity contribution in [3.8, 4) is 11.5 Å². The Balaban J connectivity index is 1.44. The number of amides is 2. The molecule has 0 radical (unpaired) electrons. The molecule has 0 aliphatic heterocycles. The van der Waals surface area contributed by atoms with Crippen LogP contribution in [0, 0.1) is 17.6 Å². The number of carboxylic acids is 1. The van der Waals surface area contributed by atoms with Crippen molar-refractivity contribution >= 4 is 17.8 Å². The summed E-state index contributed by atoms with van der Waals surface area (Å²) in [4.78, 5) is 35.5. The fourth-order valence-electron chi connectivity index (χ4n) is 3.84. The maximum atomic E-state index is 14.5. The molecule has 1 aliphatic rings. The number of hydrogen-bond donors (Lipinski definition) is 3. The summed E-state index contributed by atoms with van der Waals surface area (Å²) in [6.45, 7) is 2.11. The number of rotatable bonds is 10. The summed E-state index contributed by atoms with van der Waals surface area (Å²) in [5.74, 6) is -3.44. The lowest BCUT2D eigenvalue weighted by Gasteiger charge is -2.26. The van der Waals surface area contributed by atoms with Crippen molar-refractivity contribution in [1.82, 2.24) is 10.6 Å². The van der Waals surface area contributed by atoms with Crippen LogP contribution in [-0.2, 0) is 4.79 Å². The molecule has 1 aliphatic carbocycles. The third kappa shape index (κ3) is 7.14. The summed E-state index contributed by atoms with van der Waals surface area (Å²) in [6, 6.07) is 7.79. The second-order valence-electron chi connectivity index (χ2n) is 8.16. The van der Waals surface area contributed by atoms with Crippen LogP contribution in [0.2, 0.25) is 0 Å². The maximum Gasteiger partial charge on any atom is 0.306 e. The second kappa shape index (κ2) is 12.1. The van der Waals surface area contributed by atoms with Crippen molar-refractivity contribution in [3.63, 3.8) is 0 Å². The summed E-state index contributed by atoms with van der Waals surface area (Å²) >= 11 is 0. The highest BCUT2D eigenvalue weighted by Crippen LogP contribution is 2.28. The van der Waals surface area contributed by atoms with E-state index in [9.17, 15) is 23.2 Å². The van der Waals surface area contributed by atoms with Crippen molar-refractivity contribution in [1.29, 1.82) is 0 Å². The fourth-order valence-corrected chi connectivity index (χ4v) is 3.84. The minimum Gasteiger partial charge on any atom is -0.491 e. The molecule has 3 rings (SSSR count). The zero-order valence-corrected chi connectivity index (χ0v) is 19.3. The number of carbonyl (C=O) groups is 3. The Morgan fingerprint density at radius 1 is 0.943 bits per heavy atom. The largest absolute Gasteiger partial charge is 0.491 e. The molecular formula is C25H28F2N2O6. The van der Waals surface area contributed by atoms with Crippen LogP contribution >= 0.6 is 0 Å². The molecule has 0 heterocycles. The maximum absolute atomic E-state index is 14.5. The number of aliphatic carboxylic acids is 1. The standard InChI is InChI=1S/C25H28F2N2O6/c1-2-34-22-10-5-16(13-21(22)27)23(30)28-11-12-29-24(31)19-9-8-18(14-20(19)26)35-17-6-3-15(4-7-17)25(32)33/h5,8-10,13-15,17H,2-4,6-7,11-12H2,1H3,(H,28,30)(H,29,31)(H,32,33). The molecule has 2 aromatic rings. The molecule has 188 valence electrons. The van der Waals surface area contributed by atoms with Gasteiger partial charge < -0.3 is 25.2 Å². The highest BCUT2D eigenvalue weighted by Gasteiger charge is 2.27. The van der Waals surface area contributed by atoms with Crippen LogP contribution in [0.25, 0.3) is 0 Å². The minimum absolute atomic E-state index is 0.0363. The molecule has 3 N–H and O–H groups in total. The van der Waals surface area contributed by atoms with E-state index in [0.717, 1.165) is 12.1 Å². The highest BCUT2D eigenvalue weighted by atomic mass is 19.1. The van der Waals surface area contributed by atoms with Gasteiger partial charge in [0.1, 0.15) is 11.6 Å². The van der Waals surface area contributed by atoms with Crippen LogP contribution in [0.15, 0.2) is 36.4 Å².